The SMILES string of the molecule is CC(OC(=O)CCCn1cnc2c1c(=O)n(C)c(=O)n2C)C(=O)Nc1ccc(N2CCOCC2)cc1. The monoisotopic (exact) mass is 498 g/mol. The number of aryl methyl sites for hydroxylation is 2. The summed E-state index contributed by atoms with van der Waals surface area (Å²) >= 11 is 0. The molecule has 1 N–H and O–H groups in total. The second kappa shape index (κ2) is 10.8. The van der Waals surface area contributed by atoms with E-state index in [0.717, 1.165) is 23.3 Å². The number of fused-ring (bicyclic) bond motifs is 1. The summed E-state index contributed by atoms with van der Waals surface area (Å²) in [5.74, 6) is -0.947. The molecule has 1 fully saturated rings. The number of carbonyl (C=O) groups excluding carboxylic acids is 2. The van der Waals surface area contributed by atoms with Gasteiger partial charge in [0.15, 0.2) is 17.3 Å². The van der Waals surface area contributed by atoms with Crippen molar-refractivity contribution < 1.29 is 19.1 Å². The minimum atomic E-state index is -0.965. The predicted octanol–water partition coefficient (Wildman–Crippen LogP) is 0.621. The number of benzene rings is 1. The van der Waals surface area contributed by atoms with Gasteiger partial charge in [-0.05, 0) is 37.6 Å². The van der Waals surface area contributed by atoms with E-state index < -0.39 is 29.2 Å². The van der Waals surface area contributed by atoms with Crippen LogP contribution in [0.4, 0.5) is 11.4 Å². The van der Waals surface area contributed by atoms with Crippen LogP contribution in [-0.4, -0.2) is 63.0 Å². The molecule has 0 aliphatic carbocycles. The van der Waals surface area contributed by atoms with Crippen molar-refractivity contribution in [1.29, 1.82) is 0 Å². The third kappa shape index (κ3) is 5.33. The molecule has 1 aliphatic heterocycles. The molecule has 12 nitrogen and oxygen atoms in total. The Morgan fingerprint density at radius 3 is 2.50 bits per heavy atom. The Hall–Kier alpha value is -3.93. The lowest BCUT2D eigenvalue weighted by Gasteiger charge is -2.28. The van der Waals surface area contributed by atoms with Gasteiger partial charge in [-0.25, -0.2) is 9.78 Å². The van der Waals surface area contributed by atoms with Crippen LogP contribution in [0, 0.1) is 0 Å². The minimum Gasteiger partial charge on any atom is -0.453 e. The third-order valence-corrected chi connectivity index (χ3v) is 6.19. The Morgan fingerprint density at radius 1 is 1.11 bits per heavy atom. The molecule has 192 valence electrons. The summed E-state index contributed by atoms with van der Waals surface area (Å²) in [4.78, 5) is 55.7. The Bertz CT molecular complexity index is 1370. The summed E-state index contributed by atoms with van der Waals surface area (Å²) in [6, 6.07) is 7.49. The first-order chi connectivity index (χ1) is 17.3. The molecule has 3 heterocycles. The highest BCUT2D eigenvalue weighted by molar-refractivity contribution is 5.95. The Morgan fingerprint density at radius 2 is 1.81 bits per heavy atom. The van der Waals surface area contributed by atoms with Crippen molar-refractivity contribution in [2.45, 2.75) is 32.4 Å². The van der Waals surface area contributed by atoms with Gasteiger partial charge in [-0.15, -0.1) is 0 Å². The fraction of sp³-hybridized carbons (Fsp3) is 0.458. The number of anilines is 2. The zero-order valence-corrected chi connectivity index (χ0v) is 20.6. The number of amides is 1. The number of rotatable bonds is 8. The van der Waals surface area contributed by atoms with E-state index in [9.17, 15) is 19.2 Å². The van der Waals surface area contributed by atoms with Crippen LogP contribution >= 0.6 is 0 Å². The topological polar surface area (TPSA) is 130 Å². The number of nitrogens with zero attached hydrogens (tertiary/aromatic N) is 5. The lowest BCUT2D eigenvalue weighted by Crippen LogP contribution is -2.37. The highest BCUT2D eigenvalue weighted by Gasteiger charge is 2.19. The molecule has 36 heavy (non-hydrogen) atoms. The van der Waals surface area contributed by atoms with Crippen LogP contribution in [0.25, 0.3) is 11.2 Å². The zero-order valence-electron chi connectivity index (χ0n) is 20.6. The molecule has 1 amide bonds. The molecule has 0 spiro atoms. The molecular formula is C24H30N6O6. The molecule has 1 unspecified atom stereocenters. The maximum Gasteiger partial charge on any atom is 0.332 e. The standard InChI is InChI=1S/C24H30N6O6/c1-16(22(32)26-17-6-8-18(9-7-17)29-11-13-35-14-12-29)36-19(31)5-4-10-30-15-25-21-20(30)23(33)28(3)24(34)27(21)2/h6-9,15-16H,4-5,10-14H2,1-3H3,(H,26,32). The molecule has 1 aliphatic rings. The summed E-state index contributed by atoms with van der Waals surface area (Å²) in [7, 11) is 2.95. The Balaban J connectivity index is 1.27. The summed E-state index contributed by atoms with van der Waals surface area (Å²) < 4.78 is 14.6. The summed E-state index contributed by atoms with van der Waals surface area (Å²) in [6.07, 6.45) is 0.926. The smallest absolute Gasteiger partial charge is 0.332 e. The number of ether oxygens (including phenoxy) is 2. The summed E-state index contributed by atoms with van der Waals surface area (Å²) in [5.41, 5.74) is 1.34. The van der Waals surface area contributed by atoms with Gasteiger partial charge in [-0.2, -0.15) is 0 Å². The van der Waals surface area contributed by atoms with E-state index in [0.29, 0.717) is 37.4 Å². The first-order valence-corrected chi connectivity index (χ1v) is 11.8. The fourth-order valence-electron chi connectivity index (χ4n) is 4.09. The number of carbonyl (C=O) groups is 2. The molecule has 2 aromatic heterocycles. The van der Waals surface area contributed by atoms with Crippen molar-refractivity contribution in [3.63, 3.8) is 0 Å². The maximum atomic E-state index is 12.5. The first-order valence-electron chi connectivity index (χ1n) is 11.8. The summed E-state index contributed by atoms with van der Waals surface area (Å²) in [6.45, 7) is 4.88. The molecule has 3 aromatic rings. The lowest BCUT2D eigenvalue weighted by molar-refractivity contribution is -0.153. The van der Waals surface area contributed by atoms with E-state index in [1.807, 2.05) is 24.3 Å². The van der Waals surface area contributed by atoms with Gasteiger partial charge in [-0.3, -0.25) is 23.5 Å². The van der Waals surface area contributed by atoms with Crippen LogP contribution in [0.2, 0.25) is 0 Å². The number of aromatic nitrogens is 4. The predicted molar refractivity (Wildman–Crippen MR) is 133 cm³/mol. The minimum absolute atomic E-state index is 0.0532. The van der Waals surface area contributed by atoms with Gasteiger partial charge < -0.3 is 24.3 Å². The van der Waals surface area contributed by atoms with E-state index in [4.69, 9.17) is 9.47 Å². The molecule has 1 aromatic carbocycles. The lowest BCUT2D eigenvalue weighted by atomic mass is 10.2. The van der Waals surface area contributed by atoms with E-state index in [1.54, 1.807) is 11.6 Å². The van der Waals surface area contributed by atoms with E-state index in [1.165, 1.54) is 24.9 Å². The van der Waals surface area contributed by atoms with Crippen molar-refractivity contribution in [2.75, 3.05) is 36.5 Å². The number of hydrogen-bond acceptors (Lipinski definition) is 8. The Kier molecular flexibility index (Phi) is 7.53. The van der Waals surface area contributed by atoms with Gasteiger partial charge in [-0.1, -0.05) is 0 Å². The van der Waals surface area contributed by atoms with Gasteiger partial charge >= 0.3 is 11.7 Å². The van der Waals surface area contributed by atoms with E-state index in [-0.39, 0.29) is 12.1 Å². The largest absolute Gasteiger partial charge is 0.453 e. The number of morpholine rings is 1. The van der Waals surface area contributed by atoms with Crippen LogP contribution in [0.5, 0.6) is 0 Å². The van der Waals surface area contributed by atoms with Crippen LogP contribution in [0.15, 0.2) is 40.2 Å². The first kappa shape index (κ1) is 25.2. The number of hydrogen-bond donors (Lipinski definition) is 1. The van der Waals surface area contributed by atoms with Crippen molar-refractivity contribution in [2.24, 2.45) is 14.1 Å². The quantitative estimate of drug-likeness (QED) is 0.448. The van der Waals surface area contributed by atoms with E-state index in [2.05, 4.69) is 15.2 Å². The Labute approximate surface area is 207 Å². The zero-order chi connectivity index (χ0) is 25.8. The van der Waals surface area contributed by atoms with Gasteiger partial charge in [0.1, 0.15) is 0 Å². The normalized spacial score (nSPS) is 14.6. The molecule has 1 atom stereocenters. The van der Waals surface area contributed by atoms with Gasteiger partial charge in [0, 0.05) is 51.5 Å². The van der Waals surface area contributed by atoms with Crippen LogP contribution < -0.4 is 21.5 Å². The average molecular weight is 499 g/mol. The van der Waals surface area contributed by atoms with Crippen molar-refractivity contribution >= 4 is 34.4 Å². The maximum absolute atomic E-state index is 12.5. The van der Waals surface area contributed by atoms with Crippen molar-refractivity contribution in [1.82, 2.24) is 18.7 Å². The van der Waals surface area contributed by atoms with Gasteiger partial charge in [0.25, 0.3) is 11.5 Å². The van der Waals surface area contributed by atoms with Crippen molar-refractivity contribution in [3.05, 3.63) is 51.4 Å². The fourth-order valence-corrected chi connectivity index (χ4v) is 4.09. The molecule has 0 bridgehead atoms. The van der Waals surface area contributed by atoms with Crippen LogP contribution in [0.3, 0.4) is 0 Å². The summed E-state index contributed by atoms with van der Waals surface area (Å²) in [5, 5.41) is 2.76. The van der Waals surface area contributed by atoms with Crippen molar-refractivity contribution in [3.8, 4) is 0 Å². The highest BCUT2D eigenvalue weighted by atomic mass is 16.5. The number of esters is 1. The molecule has 1 saturated heterocycles. The van der Waals surface area contributed by atoms with Gasteiger partial charge in [0.05, 0.1) is 19.5 Å². The van der Waals surface area contributed by atoms with E-state index >= 15 is 0 Å². The molecule has 0 saturated carbocycles. The number of imidazole rings is 1. The van der Waals surface area contributed by atoms with Crippen LogP contribution in [0.1, 0.15) is 19.8 Å². The average Bonchev–Trinajstić information content (AvgIpc) is 3.31. The highest BCUT2D eigenvalue weighted by Crippen LogP contribution is 2.19. The third-order valence-electron chi connectivity index (χ3n) is 6.19. The van der Waals surface area contributed by atoms with Gasteiger partial charge in [0.2, 0.25) is 0 Å². The molecular weight excluding hydrogens is 468 g/mol. The molecule has 12 heteroatoms. The number of nitrogens with one attached hydrogen (secondary N) is 1. The van der Waals surface area contributed by atoms with Crippen LogP contribution in [-0.2, 0) is 39.7 Å². The second-order valence-electron chi connectivity index (χ2n) is 8.69. The molecule has 4 rings (SSSR count). The second-order valence-corrected chi connectivity index (χ2v) is 8.69. The molecule has 0 radical (unpaired) electrons.